The van der Waals surface area contributed by atoms with E-state index in [0.29, 0.717) is 0 Å². The lowest BCUT2D eigenvalue weighted by Crippen LogP contribution is -2.04. The highest BCUT2D eigenvalue weighted by Crippen LogP contribution is 2.31. The van der Waals surface area contributed by atoms with Gasteiger partial charge in [0.15, 0.2) is 0 Å². The fourth-order valence-corrected chi connectivity index (χ4v) is 2.04. The van der Waals surface area contributed by atoms with Gasteiger partial charge in [-0.1, -0.05) is 12.1 Å². The molecule has 0 spiro atoms. The average molecular weight is 218 g/mol. The average Bonchev–Trinajstić information content (AvgIpc) is 2.28. The summed E-state index contributed by atoms with van der Waals surface area (Å²) in [6.45, 7) is 0. The van der Waals surface area contributed by atoms with Crippen LogP contribution in [0.3, 0.4) is 0 Å². The van der Waals surface area contributed by atoms with Gasteiger partial charge in [0.1, 0.15) is 5.75 Å². The molecule has 2 rings (SSSR count). The van der Waals surface area contributed by atoms with Crippen LogP contribution in [0.5, 0.6) is 5.75 Å². The molecule has 0 saturated heterocycles. The van der Waals surface area contributed by atoms with Crippen LogP contribution in [0.15, 0.2) is 24.3 Å². The van der Waals surface area contributed by atoms with Crippen LogP contribution < -0.4 is 4.74 Å². The number of hydrogen-bond donors (Lipinski definition) is 1. The second kappa shape index (κ2) is 4.39. The number of hydrogen-bond acceptors (Lipinski definition) is 2. The van der Waals surface area contributed by atoms with E-state index in [1.54, 1.807) is 7.11 Å². The van der Waals surface area contributed by atoms with E-state index in [4.69, 9.17) is 9.84 Å². The Kier molecular flexibility index (Phi) is 2.95. The molecular formula is C13H14O3. The molecular weight excluding hydrogens is 204 g/mol. The van der Waals surface area contributed by atoms with Crippen molar-refractivity contribution in [2.24, 2.45) is 0 Å². The molecule has 0 saturated carbocycles. The zero-order chi connectivity index (χ0) is 11.5. The minimum absolute atomic E-state index is 0.0835. The number of carbonyl (C=O) groups is 1. The summed E-state index contributed by atoms with van der Waals surface area (Å²) in [6, 6.07) is 5.86. The van der Waals surface area contributed by atoms with Gasteiger partial charge in [0.25, 0.3) is 0 Å². The van der Waals surface area contributed by atoms with Crippen molar-refractivity contribution in [2.45, 2.75) is 19.3 Å². The van der Waals surface area contributed by atoms with Crippen molar-refractivity contribution < 1.29 is 14.6 Å². The van der Waals surface area contributed by atoms with Crippen molar-refractivity contribution in [1.82, 2.24) is 0 Å². The standard InChI is InChI=1S/C13H14O3/c1-16-11-6-5-9-3-2-4-10(7-13(14)15)12(9)8-11/h4-6,8H,2-3,7H2,1H3,(H,14,15). The zero-order valence-corrected chi connectivity index (χ0v) is 9.19. The Labute approximate surface area is 94.4 Å². The van der Waals surface area contributed by atoms with E-state index >= 15 is 0 Å². The van der Waals surface area contributed by atoms with Gasteiger partial charge < -0.3 is 9.84 Å². The number of benzene rings is 1. The second-order valence-electron chi connectivity index (χ2n) is 3.86. The smallest absolute Gasteiger partial charge is 0.307 e. The first kappa shape index (κ1) is 10.7. The summed E-state index contributed by atoms with van der Waals surface area (Å²) in [7, 11) is 1.62. The molecule has 1 aromatic carbocycles. The van der Waals surface area contributed by atoms with Crippen LogP contribution in [0.4, 0.5) is 0 Å². The van der Waals surface area contributed by atoms with E-state index < -0.39 is 5.97 Å². The molecule has 0 atom stereocenters. The monoisotopic (exact) mass is 218 g/mol. The summed E-state index contributed by atoms with van der Waals surface area (Å²) in [6.07, 6.45) is 3.99. The third kappa shape index (κ3) is 2.08. The predicted octanol–water partition coefficient (Wildman–Crippen LogP) is 2.50. The predicted molar refractivity (Wildman–Crippen MR) is 61.5 cm³/mol. The molecule has 84 valence electrons. The third-order valence-electron chi connectivity index (χ3n) is 2.81. The highest BCUT2D eigenvalue weighted by molar-refractivity contribution is 5.85. The lowest BCUT2D eigenvalue weighted by molar-refractivity contribution is -0.135. The maximum absolute atomic E-state index is 10.8. The van der Waals surface area contributed by atoms with Crippen LogP contribution in [-0.2, 0) is 11.2 Å². The minimum atomic E-state index is -0.790. The van der Waals surface area contributed by atoms with E-state index in [0.717, 1.165) is 29.7 Å². The SMILES string of the molecule is COc1ccc2c(c1)C(CC(=O)O)=CCC2. The quantitative estimate of drug-likeness (QED) is 0.847. The molecule has 3 heteroatoms. The van der Waals surface area contributed by atoms with Crippen LogP contribution in [0.25, 0.3) is 5.57 Å². The maximum Gasteiger partial charge on any atom is 0.307 e. The van der Waals surface area contributed by atoms with Crippen LogP contribution in [-0.4, -0.2) is 18.2 Å². The summed E-state index contributed by atoms with van der Waals surface area (Å²) < 4.78 is 5.16. The topological polar surface area (TPSA) is 46.5 Å². The second-order valence-corrected chi connectivity index (χ2v) is 3.86. The van der Waals surface area contributed by atoms with Crippen molar-refractivity contribution in [3.8, 4) is 5.75 Å². The molecule has 1 N–H and O–H groups in total. The Morgan fingerprint density at radius 3 is 3.00 bits per heavy atom. The van der Waals surface area contributed by atoms with Crippen molar-refractivity contribution in [2.75, 3.05) is 7.11 Å². The van der Waals surface area contributed by atoms with Crippen LogP contribution in [0.1, 0.15) is 24.0 Å². The van der Waals surface area contributed by atoms with Gasteiger partial charge in [0.2, 0.25) is 0 Å². The fourth-order valence-electron chi connectivity index (χ4n) is 2.04. The first-order valence-electron chi connectivity index (χ1n) is 5.29. The Bertz CT molecular complexity index is 446. The van der Waals surface area contributed by atoms with E-state index in [2.05, 4.69) is 0 Å². The van der Waals surface area contributed by atoms with Crippen LogP contribution >= 0.6 is 0 Å². The van der Waals surface area contributed by atoms with Gasteiger partial charge in [-0.2, -0.15) is 0 Å². The molecule has 3 nitrogen and oxygen atoms in total. The number of aryl methyl sites for hydroxylation is 1. The zero-order valence-electron chi connectivity index (χ0n) is 9.19. The van der Waals surface area contributed by atoms with Gasteiger partial charge in [0, 0.05) is 0 Å². The molecule has 16 heavy (non-hydrogen) atoms. The highest BCUT2D eigenvalue weighted by Gasteiger charge is 2.15. The van der Waals surface area contributed by atoms with E-state index in [1.807, 2.05) is 24.3 Å². The van der Waals surface area contributed by atoms with E-state index in [-0.39, 0.29) is 6.42 Å². The summed E-state index contributed by atoms with van der Waals surface area (Å²) >= 11 is 0. The molecule has 0 aliphatic heterocycles. The number of carboxylic acids is 1. The molecule has 0 aromatic heterocycles. The highest BCUT2D eigenvalue weighted by atomic mass is 16.5. The molecule has 0 radical (unpaired) electrons. The van der Waals surface area contributed by atoms with Gasteiger partial charge in [-0.25, -0.2) is 0 Å². The number of methoxy groups -OCH3 is 1. The largest absolute Gasteiger partial charge is 0.497 e. The lowest BCUT2D eigenvalue weighted by Gasteiger charge is -2.17. The number of carboxylic acid groups (broad SMARTS) is 1. The van der Waals surface area contributed by atoms with E-state index in [1.165, 1.54) is 5.56 Å². The number of aliphatic carboxylic acids is 1. The summed E-state index contributed by atoms with van der Waals surface area (Å²) in [5.74, 6) is -0.0149. The Morgan fingerprint density at radius 1 is 1.50 bits per heavy atom. The summed E-state index contributed by atoms with van der Waals surface area (Å²) in [5, 5.41) is 8.85. The molecule has 0 unspecified atom stereocenters. The molecule has 0 fully saturated rings. The molecule has 0 heterocycles. The number of allylic oxidation sites excluding steroid dienone is 1. The Hall–Kier alpha value is -1.77. The number of fused-ring (bicyclic) bond motifs is 1. The molecule has 0 bridgehead atoms. The molecule has 0 amide bonds. The number of rotatable bonds is 3. The third-order valence-corrected chi connectivity index (χ3v) is 2.81. The van der Waals surface area contributed by atoms with Crippen LogP contribution in [0.2, 0.25) is 0 Å². The lowest BCUT2D eigenvalue weighted by atomic mass is 9.89. The molecule has 1 aliphatic carbocycles. The normalized spacial score (nSPS) is 13.9. The summed E-state index contributed by atoms with van der Waals surface area (Å²) in [4.78, 5) is 10.8. The number of ether oxygens (including phenoxy) is 1. The Balaban J connectivity index is 2.38. The van der Waals surface area contributed by atoms with Gasteiger partial charge in [-0.05, 0) is 41.7 Å². The maximum atomic E-state index is 10.8. The van der Waals surface area contributed by atoms with Crippen molar-refractivity contribution in [3.05, 3.63) is 35.4 Å². The van der Waals surface area contributed by atoms with Crippen LogP contribution in [0, 0.1) is 0 Å². The van der Waals surface area contributed by atoms with Gasteiger partial charge in [0.05, 0.1) is 13.5 Å². The van der Waals surface area contributed by atoms with Crippen molar-refractivity contribution >= 4 is 11.5 Å². The van der Waals surface area contributed by atoms with Gasteiger partial charge in [-0.15, -0.1) is 0 Å². The van der Waals surface area contributed by atoms with E-state index in [9.17, 15) is 4.79 Å². The molecule has 1 aromatic rings. The van der Waals surface area contributed by atoms with Crippen molar-refractivity contribution in [3.63, 3.8) is 0 Å². The van der Waals surface area contributed by atoms with Gasteiger partial charge >= 0.3 is 5.97 Å². The fraction of sp³-hybridized carbons (Fsp3) is 0.308. The Morgan fingerprint density at radius 2 is 2.31 bits per heavy atom. The van der Waals surface area contributed by atoms with Crippen molar-refractivity contribution in [1.29, 1.82) is 0 Å². The first-order valence-corrected chi connectivity index (χ1v) is 5.29. The summed E-state index contributed by atoms with van der Waals surface area (Å²) in [5.41, 5.74) is 3.13. The molecule has 1 aliphatic rings. The first-order chi connectivity index (χ1) is 7.70. The minimum Gasteiger partial charge on any atom is -0.497 e. The van der Waals surface area contributed by atoms with Gasteiger partial charge in [-0.3, -0.25) is 4.79 Å².